The van der Waals surface area contributed by atoms with Crippen LogP contribution in [0.25, 0.3) is 0 Å². The van der Waals surface area contributed by atoms with E-state index in [4.69, 9.17) is 5.73 Å². The van der Waals surface area contributed by atoms with E-state index in [1.807, 2.05) is 0 Å². The first-order valence-electron chi connectivity index (χ1n) is 9.60. The van der Waals surface area contributed by atoms with Crippen LogP contribution in [0.5, 0.6) is 0 Å². The van der Waals surface area contributed by atoms with Crippen molar-refractivity contribution in [1.82, 2.24) is 4.31 Å². The van der Waals surface area contributed by atoms with Gasteiger partial charge >= 0.3 is 0 Å². The maximum absolute atomic E-state index is 13.8. The fourth-order valence-electron chi connectivity index (χ4n) is 3.57. The Morgan fingerprint density at radius 3 is 2.43 bits per heavy atom. The van der Waals surface area contributed by atoms with Crippen LogP contribution in [-0.2, 0) is 20.6 Å². The molecule has 160 valence electrons. The van der Waals surface area contributed by atoms with Gasteiger partial charge in [-0.2, -0.15) is 0 Å². The molecule has 1 fully saturated rings. The lowest BCUT2D eigenvalue weighted by Gasteiger charge is -2.30. The second-order valence-electron chi connectivity index (χ2n) is 7.35. The highest BCUT2D eigenvalue weighted by molar-refractivity contribution is 7.88. The number of amides is 2. The summed E-state index contributed by atoms with van der Waals surface area (Å²) < 4.78 is 40.4. The lowest BCUT2D eigenvalue weighted by Crippen LogP contribution is -2.42. The normalized spacial score (nSPS) is 15.7. The molecule has 0 atom stereocenters. The van der Waals surface area contributed by atoms with Crippen molar-refractivity contribution < 1.29 is 22.4 Å². The number of nitrogens with zero attached hydrogens (tertiary/aromatic N) is 1. The van der Waals surface area contributed by atoms with Gasteiger partial charge in [-0.15, -0.1) is 0 Å². The Hall–Kier alpha value is -2.78. The highest BCUT2D eigenvalue weighted by Gasteiger charge is 2.31. The molecule has 0 saturated carbocycles. The second kappa shape index (κ2) is 8.93. The molecule has 0 radical (unpaired) electrons. The first kappa shape index (κ1) is 21.9. The predicted molar refractivity (Wildman–Crippen MR) is 112 cm³/mol. The maximum atomic E-state index is 13.8. The Bertz CT molecular complexity index is 1060. The third kappa shape index (κ3) is 4.85. The van der Waals surface area contributed by atoms with Gasteiger partial charge in [-0.05, 0) is 43.5 Å². The molecule has 30 heavy (non-hydrogen) atoms. The Kier molecular flexibility index (Phi) is 6.52. The smallest absolute Gasteiger partial charge is 0.249 e. The van der Waals surface area contributed by atoms with E-state index >= 15 is 0 Å². The van der Waals surface area contributed by atoms with Crippen LogP contribution in [0.3, 0.4) is 0 Å². The van der Waals surface area contributed by atoms with Crippen molar-refractivity contribution >= 4 is 27.5 Å². The van der Waals surface area contributed by atoms with Crippen molar-refractivity contribution in [3.8, 4) is 0 Å². The Morgan fingerprint density at radius 2 is 1.80 bits per heavy atom. The van der Waals surface area contributed by atoms with E-state index in [0.717, 1.165) is 0 Å². The standard InChI is InChI=1S/C21H24FN3O4S/c1-14-17(20(23)26)6-4-8-19(14)24-21(27)15-9-11-25(12-10-15)30(28,29)13-16-5-2-3-7-18(16)22/h2-8,15H,9-13H2,1H3,(H2,23,26)(H,24,27). The number of hydrogen-bond donors (Lipinski definition) is 2. The molecule has 7 nitrogen and oxygen atoms in total. The van der Waals surface area contributed by atoms with E-state index in [1.54, 1.807) is 31.2 Å². The average molecular weight is 434 g/mol. The molecule has 3 rings (SSSR count). The summed E-state index contributed by atoms with van der Waals surface area (Å²) in [4.78, 5) is 24.1. The Balaban J connectivity index is 1.61. The molecule has 2 amide bonds. The van der Waals surface area contributed by atoms with Gasteiger partial charge < -0.3 is 11.1 Å². The summed E-state index contributed by atoms with van der Waals surface area (Å²) in [5, 5.41) is 2.81. The van der Waals surface area contributed by atoms with Crippen LogP contribution < -0.4 is 11.1 Å². The number of primary amides is 1. The minimum Gasteiger partial charge on any atom is -0.366 e. The number of rotatable bonds is 6. The summed E-state index contributed by atoms with van der Waals surface area (Å²) in [6.45, 7) is 2.08. The lowest BCUT2D eigenvalue weighted by molar-refractivity contribution is -0.120. The number of nitrogens with one attached hydrogen (secondary N) is 1. The van der Waals surface area contributed by atoms with Gasteiger partial charge in [-0.1, -0.05) is 24.3 Å². The van der Waals surface area contributed by atoms with Crippen molar-refractivity contribution in [1.29, 1.82) is 0 Å². The van der Waals surface area contributed by atoms with Gasteiger partial charge in [0.05, 0.1) is 5.75 Å². The second-order valence-corrected chi connectivity index (χ2v) is 9.32. The molecule has 0 bridgehead atoms. The molecule has 0 spiro atoms. The summed E-state index contributed by atoms with van der Waals surface area (Å²) in [6, 6.07) is 10.7. The monoisotopic (exact) mass is 433 g/mol. The number of anilines is 1. The molecule has 1 heterocycles. The number of piperidine rings is 1. The van der Waals surface area contributed by atoms with Crippen molar-refractivity contribution in [3.05, 3.63) is 65.0 Å². The van der Waals surface area contributed by atoms with Crippen LogP contribution in [-0.4, -0.2) is 37.6 Å². The van der Waals surface area contributed by atoms with Crippen molar-refractivity contribution in [2.24, 2.45) is 11.7 Å². The fraction of sp³-hybridized carbons (Fsp3) is 0.333. The number of sulfonamides is 1. The summed E-state index contributed by atoms with van der Waals surface area (Å²) in [5.41, 5.74) is 6.89. The summed E-state index contributed by atoms with van der Waals surface area (Å²) >= 11 is 0. The summed E-state index contributed by atoms with van der Waals surface area (Å²) in [7, 11) is -3.68. The first-order valence-corrected chi connectivity index (χ1v) is 11.2. The number of hydrogen-bond acceptors (Lipinski definition) is 4. The quantitative estimate of drug-likeness (QED) is 0.729. The zero-order chi connectivity index (χ0) is 21.9. The largest absolute Gasteiger partial charge is 0.366 e. The van der Waals surface area contributed by atoms with Gasteiger partial charge in [0, 0.05) is 35.8 Å². The number of nitrogens with two attached hydrogens (primary N) is 1. The van der Waals surface area contributed by atoms with Crippen molar-refractivity contribution in [3.63, 3.8) is 0 Å². The van der Waals surface area contributed by atoms with Crippen LogP contribution in [0.1, 0.15) is 34.3 Å². The lowest BCUT2D eigenvalue weighted by atomic mass is 9.96. The van der Waals surface area contributed by atoms with Gasteiger partial charge in [0.25, 0.3) is 0 Å². The van der Waals surface area contributed by atoms with Gasteiger partial charge in [0.1, 0.15) is 5.82 Å². The van der Waals surface area contributed by atoms with Gasteiger partial charge in [-0.25, -0.2) is 17.1 Å². The minimum atomic E-state index is -3.68. The van der Waals surface area contributed by atoms with Crippen molar-refractivity contribution in [2.45, 2.75) is 25.5 Å². The minimum absolute atomic E-state index is 0.127. The number of halogens is 1. The zero-order valence-corrected chi connectivity index (χ0v) is 17.4. The van der Waals surface area contributed by atoms with Gasteiger partial charge in [0.15, 0.2) is 0 Å². The van der Waals surface area contributed by atoms with E-state index in [-0.39, 0.29) is 30.5 Å². The molecule has 9 heteroatoms. The Morgan fingerprint density at radius 1 is 1.13 bits per heavy atom. The topological polar surface area (TPSA) is 110 Å². The molecule has 1 aliphatic rings. The molecule has 2 aromatic rings. The number of benzene rings is 2. The fourth-order valence-corrected chi connectivity index (χ4v) is 5.15. The zero-order valence-electron chi connectivity index (χ0n) is 16.6. The highest BCUT2D eigenvalue weighted by atomic mass is 32.2. The highest BCUT2D eigenvalue weighted by Crippen LogP contribution is 2.25. The van der Waals surface area contributed by atoms with E-state index in [1.165, 1.54) is 22.5 Å². The Labute approximate surface area is 175 Å². The van der Waals surface area contributed by atoms with E-state index in [0.29, 0.717) is 29.7 Å². The van der Waals surface area contributed by atoms with E-state index in [9.17, 15) is 22.4 Å². The summed E-state index contributed by atoms with van der Waals surface area (Å²) in [6.07, 6.45) is 0.716. The molecule has 0 aliphatic carbocycles. The SMILES string of the molecule is Cc1c(NC(=O)C2CCN(S(=O)(=O)Cc3ccccc3F)CC2)cccc1C(N)=O. The predicted octanol–water partition coefficient (Wildman–Crippen LogP) is 2.41. The number of carbonyl (C=O) groups is 2. The maximum Gasteiger partial charge on any atom is 0.249 e. The third-order valence-electron chi connectivity index (χ3n) is 5.37. The third-order valence-corrected chi connectivity index (χ3v) is 7.20. The van der Waals surface area contributed by atoms with Gasteiger partial charge in [-0.3, -0.25) is 9.59 Å². The molecule has 2 aromatic carbocycles. The molecule has 0 aromatic heterocycles. The van der Waals surface area contributed by atoms with Crippen LogP contribution in [0.2, 0.25) is 0 Å². The molecular formula is C21H24FN3O4S. The summed E-state index contributed by atoms with van der Waals surface area (Å²) in [5.74, 6) is -2.12. The van der Waals surface area contributed by atoms with Gasteiger partial charge in [0.2, 0.25) is 21.8 Å². The first-order chi connectivity index (χ1) is 14.2. The van der Waals surface area contributed by atoms with Crippen molar-refractivity contribution in [2.75, 3.05) is 18.4 Å². The van der Waals surface area contributed by atoms with Crippen LogP contribution >= 0.6 is 0 Å². The van der Waals surface area contributed by atoms with Crippen LogP contribution in [0.4, 0.5) is 10.1 Å². The molecule has 0 unspecified atom stereocenters. The van der Waals surface area contributed by atoms with Crippen LogP contribution in [0, 0.1) is 18.7 Å². The number of carbonyl (C=O) groups excluding carboxylic acids is 2. The molecule has 1 saturated heterocycles. The molecule has 3 N–H and O–H groups in total. The van der Waals surface area contributed by atoms with E-state index < -0.39 is 27.5 Å². The molecular weight excluding hydrogens is 409 g/mol. The average Bonchev–Trinajstić information content (AvgIpc) is 2.71. The van der Waals surface area contributed by atoms with E-state index in [2.05, 4.69) is 5.32 Å². The molecule has 1 aliphatic heterocycles. The van der Waals surface area contributed by atoms with Crippen LogP contribution in [0.15, 0.2) is 42.5 Å².